The predicted molar refractivity (Wildman–Crippen MR) is 67.1 cm³/mol. The van der Waals surface area contributed by atoms with Crippen molar-refractivity contribution in [3.05, 3.63) is 0 Å². The van der Waals surface area contributed by atoms with Gasteiger partial charge in [0.25, 0.3) is 0 Å². The highest BCUT2D eigenvalue weighted by atomic mass is 35.5. The van der Waals surface area contributed by atoms with Crippen LogP contribution in [0.3, 0.4) is 0 Å². The second-order valence-corrected chi connectivity index (χ2v) is 5.14. The molecule has 0 saturated carbocycles. The summed E-state index contributed by atoms with van der Waals surface area (Å²) in [6.07, 6.45) is 0.957. The maximum absolute atomic E-state index is 11.5. The van der Waals surface area contributed by atoms with Crippen molar-refractivity contribution in [1.82, 2.24) is 10.2 Å². The fourth-order valence-electron chi connectivity index (χ4n) is 1.58. The van der Waals surface area contributed by atoms with E-state index >= 15 is 0 Å². The Bertz CT molecular complexity index is 223. The van der Waals surface area contributed by atoms with Gasteiger partial charge in [-0.1, -0.05) is 0 Å². The van der Waals surface area contributed by atoms with Crippen LogP contribution < -0.4 is 5.32 Å². The first kappa shape index (κ1) is 15.5. The van der Waals surface area contributed by atoms with Crippen LogP contribution in [0.15, 0.2) is 0 Å². The number of nitrogens with one attached hydrogen (secondary N) is 1. The number of nitrogens with zero attached hydrogens (tertiary/aromatic N) is 1. The van der Waals surface area contributed by atoms with Gasteiger partial charge in [-0.15, -0.1) is 12.4 Å². The largest absolute Gasteiger partial charge is 0.444 e. The minimum absolute atomic E-state index is 0. The van der Waals surface area contributed by atoms with Crippen LogP contribution in [0.2, 0.25) is 0 Å². The van der Waals surface area contributed by atoms with Crippen molar-refractivity contribution in [2.75, 3.05) is 26.7 Å². The summed E-state index contributed by atoms with van der Waals surface area (Å²) in [6.45, 7) is 8.38. The first-order valence-corrected chi connectivity index (χ1v) is 5.55. The number of likely N-dealkylation sites (tertiary alicyclic amines) is 1. The summed E-state index contributed by atoms with van der Waals surface area (Å²) >= 11 is 0. The van der Waals surface area contributed by atoms with Gasteiger partial charge in [-0.05, 0) is 46.7 Å². The van der Waals surface area contributed by atoms with Gasteiger partial charge < -0.3 is 15.0 Å². The summed E-state index contributed by atoms with van der Waals surface area (Å²) in [5.41, 5.74) is -0.382. The normalized spacial score (nSPS) is 16.4. The zero-order chi connectivity index (χ0) is 11.5. The number of halogens is 1. The molecule has 1 aliphatic rings. The second-order valence-electron chi connectivity index (χ2n) is 5.14. The molecule has 1 rings (SSSR count). The number of hydrogen-bond donors (Lipinski definition) is 1. The molecule has 0 aromatic heterocycles. The van der Waals surface area contributed by atoms with Gasteiger partial charge in [0.1, 0.15) is 5.60 Å². The molecule has 0 aromatic carbocycles. The lowest BCUT2D eigenvalue weighted by atomic mass is 9.97. The number of hydrogen-bond acceptors (Lipinski definition) is 3. The SMILES string of the molecule is CNCCC1CN(C(=O)OC(C)(C)C)C1.Cl. The number of rotatable bonds is 3. The van der Waals surface area contributed by atoms with E-state index in [9.17, 15) is 4.79 Å². The molecule has 1 amide bonds. The highest BCUT2D eigenvalue weighted by molar-refractivity contribution is 5.85. The molecule has 0 atom stereocenters. The molecule has 0 unspecified atom stereocenters. The van der Waals surface area contributed by atoms with E-state index < -0.39 is 0 Å². The number of amides is 1. The smallest absolute Gasteiger partial charge is 0.410 e. The first-order valence-electron chi connectivity index (χ1n) is 5.55. The maximum Gasteiger partial charge on any atom is 0.410 e. The van der Waals surface area contributed by atoms with Crippen molar-refractivity contribution in [2.45, 2.75) is 32.8 Å². The Morgan fingerprint density at radius 1 is 1.44 bits per heavy atom. The van der Waals surface area contributed by atoms with Gasteiger partial charge >= 0.3 is 6.09 Å². The zero-order valence-electron chi connectivity index (χ0n) is 10.6. The Labute approximate surface area is 104 Å². The van der Waals surface area contributed by atoms with E-state index in [0.29, 0.717) is 5.92 Å². The lowest BCUT2D eigenvalue weighted by Crippen LogP contribution is -2.52. The molecule has 1 heterocycles. The van der Waals surface area contributed by atoms with Crippen LogP contribution in [0, 0.1) is 5.92 Å². The van der Waals surface area contributed by atoms with Crippen molar-refractivity contribution in [1.29, 1.82) is 0 Å². The van der Waals surface area contributed by atoms with Crippen LogP contribution in [0.25, 0.3) is 0 Å². The Morgan fingerprint density at radius 3 is 2.44 bits per heavy atom. The summed E-state index contributed by atoms with van der Waals surface area (Å²) < 4.78 is 5.27. The number of ether oxygens (including phenoxy) is 1. The minimum atomic E-state index is -0.382. The molecule has 1 fully saturated rings. The average Bonchev–Trinajstić information content (AvgIpc) is 1.98. The Balaban J connectivity index is 0.00000225. The van der Waals surface area contributed by atoms with Gasteiger partial charge in [0.2, 0.25) is 0 Å². The molecule has 0 spiro atoms. The molecular weight excluding hydrogens is 228 g/mol. The highest BCUT2D eigenvalue weighted by Crippen LogP contribution is 2.21. The van der Waals surface area contributed by atoms with E-state index in [-0.39, 0.29) is 24.1 Å². The molecule has 4 nitrogen and oxygen atoms in total. The third-order valence-corrected chi connectivity index (χ3v) is 2.41. The topological polar surface area (TPSA) is 41.6 Å². The van der Waals surface area contributed by atoms with Crippen LogP contribution >= 0.6 is 12.4 Å². The van der Waals surface area contributed by atoms with Crippen molar-refractivity contribution < 1.29 is 9.53 Å². The Morgan fingerprint density at radius 2 is 2.00 bits per heavy atom. The average molecular weight is 251 g/mol. The second kappa shape index (κ2) is 6.30. The van der Waals surface area contributed by atoms with Crippen molar-refractivity contribution in [3.63, 3.8) is 0 Å². The van der Waals surface area contributed by atoms with Gasteiger partial charge in [0.05, 0.1) is 0 Å². The van der Waals surface area contributed by atoms with E-state index in [1.165, 1.54) is 0 Å². The fraction of sp³-hybridized carbons (Fsp3) is 0.909. The Hall–Kier alpha value is -0.480. The molecule has 1 N–H and O–H groups in total. The van der Waals surface area contributed by atoms with Crippen LogP contribution in [-0.4, -0.2) is 43.3 Å². The van der Waals surface area contributed by atoms with Gasteiger partial charge in [-0.25, -0.2) is 4.79 Å². The minimum Gasteiger partial charge on any atom is -0.444 e. The van der Waals surface area contributed by atoms with Crippen molar-refractivity contribution in [3.8, 4) is 0 Å². The third kappa shape index (κ3) is 5.03. The van der Waals surface area contributed by atoms with E-state index in [0.717, 1.165) is 26.1 Å². The van der Waals surface area contributed by atoms with E-state index in [1.807, 2.05) is 27.8 Å². The third-order valence-electron chi connectivity index (χ3n) is 2.41. The molecule has 0 aliphatic carbocycles. The summed E-state index contributed by atoms with van der Waals surface area (Å²) in [4.78, 5) is 13.3. The lowest BCUT2D eigenvalue weighted by molar-refractivity contribution is -0.00195. The first-order chi connectivity index (χ1) is 6.92. The summed E-state index contributed by atoms with van der Waals surface area (Å²) in [5.74, 6) is 0.643. The monoisotopic (exact) mass is 250 g/mol. The van der Waals surface area contributed by atoms with Gasteiger partial charge in [-0.2, -0.15) is 0 Å². The van der Waals surface area contributed by atoms with Gasteiger partial charge in [0, 0.05) is 13.1 Å². The number of carbonyl (C=O) groups excluding carboxylic acids is 1. The summed E-state index contributed by atoms with van der Waals surface area (Å²) in [5, 5.41) is 3.11. The van der Waals surface area contributed by atoms with Crippen LogP contribution in [-0.2, 0) is 4.74 Å². The quantitative estimate of drug-likeness (QED) is 0.832. The molecule has 16 heavy (non-hydrogen) atoms. The van der Waals surface area contributed by atoms with Crippen LogP contribution in [0.1, 0.15) is 27.2 Å². The van der Waals surface area contributed by atoms with E-state index in [4.69, 9.17) is 4.74 Å². The molecule has 5 heteroatoms. The summed E-state index contributed by atoms with van der Waals surface area (Å²) in [6, 6.07) is 0. The number of carbonyl (C=O) groups is 1. The molecule has 0 bridgehead atoms. The molecule has 1 aliphatic heterocycles. The lowest BCUT2D eigenvalue weighted by Gasteiger charge is -2.39. The van der Waals surface area contributed by atoms with E-state index in [2.05, 4.69) is 5.32 Å². The fourth-order valence-corrected chi connectivity index (χ4v) is 1.58. The maximum atomic E-state index is 11.5. The van der Waals surface area contributed by atoms with Crippen LogP contribution in [0.5, 0.6) is 0 Å². The molecular formula is C11H23ClN2O2. The van der Waals surface area contributed by atoms with Crippen molar-refractivity contribution in [2.24, 2.45) is 5.92 Å². The zero-order valence-corrected chi connectivity index (χ0v) is 11.4. The predicted octanol–water partition coefficient (Wildman–Crippen LogP) is 1.88. The molecule has 1 saturated heterocycles. The van der Waals surface area contributed by atoms with Gasteiger partial charge in [0.15, 0.2) is 0 Å². The molecule has 0 radical (unpaired) electrons. The van der Waals surface area contributed by atoms with Crippen molar-refractivity contribution >= 4 is 18.5 Å². The molecule has 96 valence electrons. The van der Waals surface area contributed by atoms with E-state index in [1.54, 1.807) is 4.90 Å². The highest BCUT2D eigenvalue weighted by Gasteiger charge is 2.32. The Kier molecular flexibility index (Phi) is 6.11. The summed E-state index contributed by atoms with van der Waals surface area (Å²) in [7, 11) is 1.95. The molecule has 0 aromatic rings. The standard InChI is InChI=1S/C11H22N2O2.ClH/c1-11(2,3)15-10(14)13-7-9(8-13)5-6-12-4;/h9,12H,5-8H2,1-4H3;1H. The van der Waals surface area contributed by atoms with Gasteiger partial charge in [-0.3, -0.25) is 0 Å². The van der Waals surface area contributed by atoms with Crippen LogP contribution in [0.4, 0.5) is 4.79 Å².